The molecule has 5 nitrogen and oxygen atoms in total. The zero-order valence-corrected chi connectivity index (χ0v) is 16.8. The lowest BCUT2D eigenvalue weighted by Crippen LogP contribution is -2.09. The lowest BCUT2D eigenvalue weighted by atomic mass is 10.1. The van der Waals surface area contributed by atoms with Gasteiger partial charge in [0.15, 0.2) is 5.76 Å². The second-order valence-corrected chi connectivity index (χ2v) is 8.43. The molecule has 0 bridgehead atoms. The maximum absolute atomic E-state index is 12.6. The summed E-state index contributed by atoms with van der Waals surface area (Å²) in [4.78, 5) is 12.6. The van der Waals surface area contributed by atoms with Crippen molar-refractivity contribution in [2.45, 2.75) is 11.8 Å². The summed E-state index contributed by atoms with van der Waals surface area (Å²) in [6.07, 6.45) is 1.67. The van der Waals surface area contributed by atoms with Crippen molar-refractivity contribution >= 4 is 33.6 Å². The fourth-order valence-electron chi connectivity index (χ4n) is 2.89. The molecular formula is C22H15ClO5S. The van der Waals surface area contributed by atoms with Crippen LogP contribution in [0, 0.1) is 6.92 Å². The molecule has 0 spiro atoms. The van der Waals surface area contributed by atoms with E-state index in [1.165, 1.54) is 42.5 Å². The topological polar surface area (TPSA) is 69.7 Å². The highest BCUT2D eigenvalue weighted by atomic mass is 35.5. The molecule has 0 saturated carbocycles. The number of carbonyl (C=O) groups is 1. The van der Waals surface area contributed by atoms with Gasteiger partial charge in [-0.05, 0) is 60.5 Å². The van der Waals surface area contributed by atoms with Gasteiger partial charge in [-0.1, -0.05) is 35.9 Å². The third kappa shape index (κ3) is 3.90. The highest BCUT2D eigenvalue weighted by Crippen LogP contribution is 2.36. The van der Waals surface area contributed by atoms with Crippen LogP contribution < -0.4 is 8.92 Å². The third-order valence-corrected chi connectivity index (χ3v) is 5.94. The highest BCUT2D eigenvalue weighted by molar-refractivity contribution is 7.87. The van der Waals surface area contributed by atoms with Crippen molar-refractivity contribution in [3.8, 4) is 11.5 Å². The highest BCUT2D eigenvalue weighted by Gasteiger charge is 2.28. The third-order valence-electron chi connectivity index (χ3n) is 4.42. The molecule has 0 atom stereocenters. The van der Waals surface area contributed by atoms with Crippen molar-refractivity contribution in [2.24, 2.45) is 0 Å². The Morgan fingerprint density at radius 1 is 1.00 bits per heavy atom. The summed E-state index contributed by atoms with van der Waals surface area (Å²) in [6.45, 7) is 1.94. The largest absolute Gasteiger partial charge is 0.452 e. The van der Waals surface area contributed by atoms with Crippen molar-refractivity contribution in [3.05, 3.63) is 94.2 Å². The molecule has 4 rings (SSSR count). The summed E-state index contributed by atoms with van der Waals surface area (Å²) in [6, 6.07) is 17.5. The van der Waals surface area contributed by atoms with E-state index in [0.717, 1.165) is 11.1 Å². The molecule has 1 heterocycles. The number of Topliss-reactive ketones (excluding diaryl/α,β-unsaturated/α-hetero) is 1. The van der Waals surface area contributed by atoms with Crippen LogP contribution >= 0.6 is 11.6 Å². The minimum Gasteiger partial charge on any atom is -0.452 e. The molecule has 29 heavy (non-hydrogen) atoms. The second-order valence-electron chi connectivity index (χ2n) is 6.45. The number of benzene rings is 3. The number of allylic oxidation sites excluding steroid dienone is 1. The van der Waals surface area contributed by atoms with Gasteiger partial charge in [0.1, 0.15) is 16.4 Å². The van der Waals surface area contributed by atoms with E-state index in [4.69, 9.17) is 20.5 Å². The average molecular weight is 427 g/mol. The summed E-state index contributed by atoms with van der Waals surface area (Å²) in [5, 5.41) is 0.418. The minimum absolute atomic E-state index is 0.0282. The fourth-order valence-corrected chi connectivity index (χ4v) is 3.93. The second kappa shape index (κ2) is 7.39. The summed E-state index contributed by atoms with van der Waals surface area (Å²) in [7, 11) is -4.04. The molecule has 0 aliphatic carbocycles. The number of hydrogen-bond acceptors (Lipinski definition) is 5. The predicted octanol–water partition coefficient (Wildman–Crippen LogP) is 5.03. The number of fused-ring (bicyclic) bond motifs is 1. The van der Waals surface area contributed by atoms with Crippen molar-refractivity contribution in [3.63, 3.8) is 0 Å². The Hall–Kier alpha value is -3.09. The monoisotopic (exact) mass is 426 g/mol. The van der Waals surface area contributed by atoms with E-state index >= 15 is 0 Å². The molecule has 7 heteroatoms. The van der Waals surface area contributed by atoms with Gasteiger partial charge in [0.25, 0.3) is 0 Å². The molecule has 0 amide bonds. The first-order chi connectivity index (χ1) is 13.8. The van der Waals surface area contributed by atoms with E-state index in [0.29, 0.717) is 10.6 Å². The molecule has 3 aromatic carbocycles. The van der Waals surface area contributed by atoms with E-state index in [-0.39, 0.29) is 27.9 Å². The van der Waals surface area contributed by atoms with Crippen LogP contribution in [0.25, 0.3) is 6.08 Å². The van der Waals surface area contributed by atoms with Gasteiger partial charge >= 0.3 is 10.1 Å². The number of aryl methyl sites for hydroxylation is 1. The van der Waals surface area contributed by atoms with E-state index in [1.807, 2.05) is 31.2 Å². The zero-order chi connectivity index (χ0) is 20.6. The zero-order valence-electron chi connectivity index (χ0n) is 15.3. The standard InChI is InChI=1S/C22H15ClO5S/c1-14-4-2-3-5-15(14)12-21-22(24)19-11-8-17(13-20(19)27-21)28-29(25,26)18-9-6-16(23)7-10-18/h2-13H,1H3/b21-12-. The SMILES string of the molecule is Cc1ccccc1/C=C1\Oc2cc(OS(=O)(=O)c3ccc(Cl)cc3)ccc2C1=O. The molecule has 1 aliphatic rings. The first kappa shape index (κ1) is 19.2. The lowest BCUT2D eigenvalue weighted by molar-refractivity contribution is 0.101. The number of ketones is 1. The van der Waals surface area contributed by atoms with Crippen LogP contribution in [-0.4, -0.2) is 14.2 Å². The van der Waals surface area contributed by atoms with Gasteiger partial charge in [-0.2, -0.15) is 8.42 Å². The van der Waals surface area contributed by atoms with Gasteiger partial charge in [-0.15, -0.1) is 0 Å². The Balaban J connectivity index is 1.61. The van der Waals surface area contributed by atoms with Gasteiger partial charge < -0.3 is 8.92 Å². The molecule has 0 radical (unpaired) electrons. The van der Waals surface area contributed by atoms with Crippen LogP contribution in [-0.2, 0) is 10.1 Å². The maximum Gasteiger partial charge on any atom is 0.339 e. The minimum atomic E-state index is -4.04. The molecular weight excluding hydrogens is 412 g/mol. The first-order valence-corrected chi connectivity index (χ1v) is 10.5. The normalized spacial score (nSPS) is 14.6. The maximum atomic E-state index is 12.6. The molecule has 0 saturated heterocycles. The van der Waals surface area contributed by atoms with Crippen LogP contribution in [0.2, 0.25) is 5.02 Å². The number of ether oxygens (including phenoxy) is 1. The van der Waals surface area contributed by atoms with Gasteiger partial charge in [-0.3, -0.25) is 4.79 Å². The smallest absolute Gasteiger partial charge is 0.339 e. The molecule has 146 valence electrons. The number of hydrogen-bond donors (Lipinski definition) is 0. The van der Waals surface area contributed by atoms with E-state index < -0.39 is 10.1 Å². The van der Waals surface area contributed by atoms with Crippen LogP contribution in [0.15, 0.2) is 77.4 Å². The predicted molar refractivity (Wildman–Crippen MR) is 110 cm³/mol. The van der Waals surface area contributed by atoms with Crippen LogP contribution in [0.1, 0.15) is 21.5 Å². The molecule has 1 aliphatic heterocycles. The molecule has 0 N–H and O–H groups in total. The lowest BCUT2D eigenvalue weighted by Gasteiger charge is -2.08. The fraction of sp³-hybridized carbons (Fsp3) is 0.0455. The van der Waals surface area contributed by atoms with Gasteiger partial charge in [-0.25, -0.2) is 0 Å². The molecule has 3 aromatic rings. The van der Waals surface area contributed by atoms with Gasteiger partial charge in [0, 0.05) is 11.1 Å². The van der Waals surface area contributed by atoms with E-state index in [9.17, 15) is 13.2 Å². The Bertz CT molecular complexity index is 1240. The Labute approximate surface area is 173 Å². The van der Waals surface area contributed by atoms with E-state index in [1.54, 1.807) is 6.08 Å². The summed E-state index contributed by atoms with van der Waals surface area (Å²) >= 11 is 5.79. The molecule has 0 aromatic heterocycles. The number of halogens is 1. The van der Waals surface area contributed by atoms with Crippen molar-refractivity contribution in [1.82, 2.24) is 0 Å². The van der Waals surface area contributed by atoms with E-state index in [2.05, 4.69) is 0 Å². The van der Waals surface area contributed by atoms with Crippen molar-refractivity contribution in [2.75, 3.05) is 0 Å². The molecule has 0 unspecified atom stereocenters. The summed E-state index contributed by atoms with van der Waals surface area (Å²) in [5.74, 6) is 0.199. The van der Waals surface area contributed by atoms with Gasteiger partial charge in [0.05, 0.1) is 5.56 Å². The Morgan fingerprint density at radius 3 is 2.45 bits per heavy atom. The van der Waals surface area contributed by atoms with Gasteiger partial charge in [0.2, 0.25) is 5.78 Å². The first-order valence-electron chi connectivity index (χ1n) is 8.67. The molecule has 0 fully saturated rings. The van der Waals surface area contributed by atoms with Crippen LogP contribution in [0.5, 0.6) is 11.5 Å². The summed E-state index contributed by atoms with van der Waals surface area (Å²) < 4.78 is 35.7. The average Bonchev–Trinajstić information content (AvgIpc) is 2.98. The van der Waals surface area contributed by atoms with Crippen molar-refractivity contribution < 1.29 is 22.1 Å². The number of carbonyl (C=O) groups excluding carboxylic acids is 1. The van der Waals surface area contributed by atoms with Crippen molar-refractivity contribution in [1.29, 1.82) is 0 Å². The number of rotatable bonds is 4. The quantitative estimate of drug-likeness (QED) is 0.432. The summed E-state index contributed by atoms with van der Waals surface area (Å²) in [5.41, 5.74) is 2.22. The van der Waals surface area contributed by atoms with Crippen LogP contribution in [0.4, 0.5) is 0 Å². The Kier molecular flexibility index (Phi) is 4.90. The van der Waals surface area contributed by atoms with Crippen LogP contribution in [0.3, 0.4) is 0 Å². The Morgan fingerprint density at radius 2 is 1.72 bits per heavy atom.